The van der Waals surface area contributed by atoms with Crippen LogP contribution in [0.25, 0.3) is 0 Å². The molecule has 0 amide bonds. The summed E-state index contributed by atoms with van der Waals surface area (Å²) in [6.45, 7) is -0.284. The summed E-state index contributed by atoms with van der Waals surface area (Å²) >= 11 is 0. The number of nitrogens with two attached hydrogens (primary N) is 1. The fraction of sp³-hybridized carbons (Fsp3) is 0.133. The zero-order chi connectivity index (χ0) is 14.6. The van der Waals surface area contributed by atoms with Gasteiger partial charge in [0, 0.05) is 0 Å². The van der Waals surface area contributed by atoms with E-state index in [1.54, 1.807) is 30.3 Å². The molecule has 2 N–H and O–H groups in total. The lowest BCUT2D eigenvalue weighted by atomic mass is 9.94. The van der Waals surface area contributed by atoms with E-state index in [0.29, 0.717) is 5.56 Å². The molecule has 0 saturated carbocycles. The SMILES string of the molecule is N#CC(N)(COc1cccc(F)c1F)c1ccccc1. The Morgan fingerprint density at radius 2 is 1.80 bits per heavy atom. The summed E-state index contributed by atoms with van der Waals surface area (Å²) in [5, 5.41) is 9.22. The number of rotatable bonds is 4. The van der Waals surface area contributed by atoms with Gasteiger partial charge in [0.15, 0.2) is 17.1 Å². The summed E-state index contributed by atoms with van der Waals surface area (Å²) < 4.78 is 31.7. The zero-order valence-corrected chi connectivity index (χ0v) is 10.5. The van der Waals surface area contributed by atoms with Gasteiger partial charge in [-0.25, -0.2) is 4.39 Å². The number of hydrogen-bond donors (Lipinski definition) is 1. The Morgan fingerprint density at radius 1 is 1.10 bits per heavy atom. The van der Waals surface area contributed by atoms with Gasteiger partial charge in [-0.1, -0.05) is 36.4 Å². The minimum Gasteiger partial charge on any atom is -0.487 e. The fourth-order valence-corrected chi connectivity index (χ4v) is 1.70. The van der Waals surface area contributed by atoms with Crippen LogP contribution in [0.3, 0.4) is 0 Å². The summed E-state index contributed by atoms with van der Waals surface area (Å²) in [6.07, 6.45) is 0. The maximum atomic E-state index is 13.5. The monoisotopic (exact) mass is 274 g/mol. The molecule has 0 aliphatic carbocycles. The smallest absolute Gasteiger partial charge is 0.200 e. The number of ether oxygens (including phenoxy) is 1. The predicted molar refractivity (Wildman–Crippen MR) is 69.8 cm³/mol. The Hall–Kier alpha value is -2.45. The highest BCUT2D eigenvalue weighted by Gasteiger charge is 2.28. The fourth-order valence-electron chi connectivity index (χ4n) is 1.70. The second-order valence-corrected chi connectivity index (χ2v) is 4.29. The van der Waals surface area contributed by atoms with Crippen LogP contribution in [0.15, 0.2) is 48.5 Å². The average molecular weight is 274 g/mol. The first kappa shape index (κ1) is 14.0. The van der Waals surface area contributed by atoms with Crippen molar-refractivity contribution < 1.29 is 13.5 Å². The molecule has 0 aromatic heterocycles. The number of halogens is 2. The van der Waals surface area contributed by atoms with Gasteiger partial charge in [-0.2, -0.15) is 9.65 Å². The van der Waals surface area contributed by atoms with E-state index in [1.165, 1.54) is 12.1 Å². The maximum absolute atomic E-state index is 13.5. The lowest BCUT2D eigenvalue weighted by molar-refractivity contribution is 0.242. The zero-order valence-electron chi connectivity index (χ0n) is 10.5. The van der Waals surface area contributed by atoms with Crippen molar-refractivity contribution in [3.63, 3.8) is 0 Å². The van der Waals surface area contributed by atoms with Crippen LogP contribution in [0.4, 0.5) is 8.78 Å². The topological polar surface area (TPSA) is 59.0 Å². The van der Waals surface area contributed by atoms with E-state index >= 15 is 0 Å². The second kappa shape index (κ2) is 5.68. The van der Waals surface area contributed by atoms with Crippen LogP contribution in [0.1, 0.15) is 5.56 Å². The van der Waals surface area contributed by atoms with Gasteiger partial charge < -0.3 is 10.5 Å². The highest BCUT2D eigenvalue weighted by molar-refractivity contribution is 5.32. The summed E-state index contributed by atoms with van der Waals surface area (Å²) in [4.78, 5) is 0. The Morgan fingerprint density at radius 3 is 2.45 bits per heavy atom. The van der Waals surface area contributed by atoms with Gasteiger partial charge in [0.25, 0.3) is 0 Å². The largest absolute Gasteiger partial charge is 0.487 e. The lowest BCUT2D eigenvalue weighted by Gasteiger charge is -2.22. The number of nitrogens with zero attached hydrogens (tertiary/aromatic N) is 1. The van der Waals surface area contributed by atoms with E-state index in [0.717, 1.165) is 6.07 Å². The Balaban J connectivity index is 2.20. The van der Waals surface area contributed by atoms with Crippen molar-refractivity contribution in [2.75, 3.05) is 6.61 Å². The van der Waals surface area contributed by atoms with Crippen LogP contribution in [0.5, 0.6) is 5.75 Å². The number of nitriles is 1. The lowest BCUT2D eigenvalue weighted by Crippen LogP contribution is -2.41. The first-order chi connectivity index (χ1) is 9.57. The van der Waals surface area contributed by atoms with Crippen molar-refractivity contribution in [2.45, 2.75) is 5.54 Å². The predicted octanol–water partition coefficient (Wildman–Crippen LogP) is 2.72. The van der Waals surface area contributed by atoms with Crippen LogP contribution in [0.2, 0.25) is 0 Å². The Bertz CT molecular complexity index is 640. The van der Waals surface area contributed by atoms with Crippen LogP contribution < -0.4 is 10.5 Å². The molecule has 1 unspecified atom stereocenters. The van der Waals surface area contributed by atoms with Gasteiger partial charge >= 0.3 is 0 Å². The molecule has 0 heterocycles. The third-order valence-electron chi connectivity index (χ3n) is 2.86. The van der Waals surface area contributed by atoms with Gasteiger partial charge in [0.05, 0.1) is 6.07 Å². The van der Waals surface area contributed by atoms with E-state index in [2.05, 4.69) is 0 Å². The Labute approximate surface area is 115 Å². The second-order valence-electron chi connectivity index (χ2n) is 4.29. The minimum absolute atomic E-state index is 0.272. The molecule has 2 aromatic carbocycles. The summed E-state index contributed by atoms with van der Waals surface area (Å²) in [6, 6.07) is 14.1. The van der Waals surface area contributed by atoms with Crippen molar-refractivity contribution in [2.24, 2.45) is 5.73 Å². The molecule has 0 aliphatic rings. The molecule has 0 saturated heterocycles. The van der Waals surface area contributed by atoms with Gasteiger partial charge in [-0.05, 0) is 17.7 Å². The van der Waals surface area contributed by atoms with Gasteiger partial charge in [-0.3, -0.25) is 0 Å². The molecule has 1 atom stereocenters. The normalized spacial score (nSPS) is 13.3. The van der Waals surface area contributed by atoms with Crippen molar-refractivity contribution in [1.29, 1.82) is 5.26 Å². The molecule has 0 spiro atoms. The molecular formula is C15H12F2N2O. The average Bonchev–Trinajstić information content (AvgIpc) is 2.49. The minimum atomic E-state index is -1.43. The highest BCUT2D eigenvalue weighted by atomic mass is 19.2. The summed E-state index contributed by atoms with van der Waals surface area (Å²) in [5.41, 5.74) is 5.06. The summed E-state index contributed by atoms with van der Waals surface area (Å²) in [7, 11) is 0. The summed E-state index contributed by atoms with van der Waals surface area (Å²) in [5.74, 6) is -2.38. The van der Waals surface area contributed by atoms with Gasteiger partial charge in [0.1, 0.15) is 6.61 Å². The van der Waals surface area contributed by atoms with Crippen LogP contribution in [-0.2, 0) is 5.54 Å². The number of benzene rings is 2. The molecule has 102 valence electrons. The van der Waals surface area contributed by atoms with Crippen molar-refractivity contribution in [3.8, 4) is 11.8 Å². The third-order valence-corrected chi connectivity index (χ3v) is 2.86. The van der Waals surface area contributed by atoms with Crippen molar-refractivity contribution >= 4 is 0 Å². The molecule has 0 radical (unpaired) electrons. The first-order valence-electron chi connectivity index (χ1n) is 5.89. The quantitative estimate of drug-likeness (QED) is 0.932. The van der Waals surface area contributed by atoms with Crippen molar-refractivity contribution in [3.05, 3.63) is 65.7 Å². The molecule has 0 fully saturated rings. The standard InChI is InChI=1S/C15H12F2N2O/c16-12-7-4-8-13(14(12)17)20-10-15(19,9-18)11-5-2-1-3-6-11/h1-8H,10,19H2. The van der Waals surface area contributed by atoms with E-state index in [-0.39, 0.29) is 12.4 Å². The van der Waals surface area contributed by atoms with Crippen LogP contribution in [0, 0.1) is 23.0 Å². The molecule has 3 nitrogen and oxygen atoms in total. The van der Waals surface area contributed by atoms with E-state index in [9.17, 15) is 14.0 Å². The number of hydrogen-bond acceptors (Lipinski definition) is 3. The molecule has 20 heavy (non-hydrogen) atoms. The molecule has 2 rings (SSSR count). The van der Waals surface area contributed by atoms with E-state index in [4.69, 9.17) is 10.5 Å². The molecule has 5 heteroatoms. The van der Waals surface area contributed by atoms with Crippen LogP contribution in [-0.4, -0.2) is 6.61 Å². The molecule has 0 aliphatic heterocycles. The van der Waals surface area contributed by atoms with Crippen LogP contribution >= 0.6 is 0 Å². The Kier molecular flexibility index (Phi) is 3.97. The third kappa shape index (κ3) is 2.76. The van der Waals surface area contributed by atoms with E-state index in [1.807, 2.05) is 6.07 Å². The maximum Gasteiger partial charge on any atom is 0.200 e. The van der Waals surface area contributed by atoms with Crippen molar-refractivity contribution in [1.82, 2.24) is 0 Å². The molecule has 2 aromatic rings. The highest BCUT2D eigenvalue weighted by Crippen LogP contribution is 2.23. The van der Waals surface area contributed by atoms with Gasteiger partial charge in [0.2, 0.25) is 5.82 Å². The van der Waals surface area contributed by atoms with E-state index < -0.39 is 17.2 Å². The molecular weight excluding hydrogens is 262 g/mol. The first-order valence-corrected chi connectivity index (χ1v) is 5.89. The molecule has 0 bridgehead atoms. The van der Waals surface area contributed by atoms with Gasteiger partial charge in [-0.15, -0.1) is 0 Å².